The van der Waals surface area contributed by atoms with Crippen molar-refractivity contribution < 1.29 is 4.74 Å². The van der Waals surface area contributed by atoms with Crippen molar-refractivity contribution in [1.82, 2.24) is 4.90 Å². The van der Waals surface area contributed by atoms with Gasteiger partial charge in [0.25, 0.3) is 0 Å². The normalized spacial score (nSPS) is 30.9. The molecule has 2 rings (SSSR count). The Morgan fingerprint density at radius 2 is 2.12 bits per heavy atom. The van der Waals surface area contributed by atoms with Gasteiger partial charge in [0.1, 0.15) is 0 Å². The van der Waals surface area contributed by atoms with Gasteiger partial charge in [-0.2, -0.15) is 0 Å². The molecule has 2 fully saturated rings. The van der Waals surface area contributed by atoms with Crippen LogP contribution < -0.4 is 0 Å². The summed E-state index contributed by atoms with van der Waals surface area (Å²) in [6.07, 6.45) is 9.95. The van der Waals surface area contributed by atoms with Crippen LogP contribution in [0.1, 0.15) is 44.9 Å². The molecule has 3 heteroatoms. The van der Waals surface area contributed by atoms with E-state index in [2.05, 4.69) is 20.8 Å². The van der Waals surface area contributed by atoms with Gasteiger partial charge < -0.3 is 9.64 Å². The van der Waals surface area contributed by atoms with Gasteiger partial charge in [0, 0.05) is 18.5 Å². The number of hydrogen-bond donors (Lipinski definition) is 0. The lowest BCUT2D eigenvalue weighted by molar-refractivity contribution is 0.0950. The number of halogens is 1. The van der Waals surface area contributed by atoms with Gasteiger partial charge in [0.2, 0.25) is 0 Å². The maximum Gasteiger partial charge on any atom is 0.0576 e. The van der Waals surface area contributed by atoms with Gasteiger partial charge in [0.05, 0.1) is 6.10 Å². The van der Waals surface area contributed by atoms with Crippen molar-refractivity contribution in [2.45, 2.75) is 51.0 Å². The van der Waals surface area contributed by atoms with Gasteiger partial charge in [-0.3, -0.25) is 0 Å². The van der Waals surface area contributed by atoms with Crippen molar-refractivity contribution in [3.05, 3.63) is 0 Å². The van der Waals surface area contributed by atoms with E-state index in [4.69, 9.17) is 4.74 Å². The fourth-order valence-electron chi connectivity index (χ4n) is 3.16. The molecule has 0 aromatic rings. The molecule has 2 aliphatic rings. The van der Waals surface area contributed by atoms with E-state index >= 15 is 0 Å². The first-order valence-electron chi connectivity index (χ1n) is 7.28. The number of rotatable bonds is 6. The van der Waals surface area contributed by atoms with Crippen LogP contribution in [0.25, 0.3) is 0 Å². The zero-order chi connectivity index (χ0) is 11.9. The minimum absolute atomic E-state index is 0.582. The highest BCUT2D eigenvalue weighted by atomic mass is 79.9. The van der Waals surface area contributed by atoms with Crippen LogP contribution in [0.2, 0.25) is 0 Å². The Kier molecular flexibility index (Phi) is 6.30. The summed E-state index contributed by atoms with van der Waals surface area (Å²) in [5.74, 6) is 0.936. The molecule has 0 saturated carbocycles. The molecule has 0 aliphatic carbocycles. The van der Waals surface area contributed by atoms with Crippen molar-refractivity contribution >= 4 is 15.9 Å². The van der Waals surface area contributed by atoms with Crippen LogP contribution in [0.15, 0.2) is 0 Å². The number of likely N-dealkylation sites (tertiary alicyclic amines) is 1. The fourth-order valence-corrected chi connectivity index (χ4v) is 3.81. The zero-order valence-corrected chi connectivity index (χ0v) is 12.5. The molecule has 2 saturated heterocycles. The maximum atomic E-state index is 5.68. The van der Waals surface area contributed by atoms with E-state index in [-0.39, 0.29) is 0 Å². The van der Waals surface area contributed by atoms with Crippen molar-refractivity contribution in [3.8, 4) is 0 Å². The van der Waals surface area contributed by atoms with E-state index in [0.717, 1.165) is 12.5 Å². The first-order valence-corrected chi connectivity index (χ1v) is 8.40. The predicted molar refractivity (Wildman–Crippen MR) is 75.8 cm³/mol. The van der Waals surface area contributed by atoms with E-state index in [1.54, 1.807) is 0 Å². The second-order valence-corrected chi connectivity index (χ2v) is 6.36. The second-order valence-electron chi connectivity index (χ2n) is 5.56. The maximum absolute atomic E-state index is 5.68. The third kappa shape index (κ3) is 4.88. The number of alkyl halides is 1. The van der Waals surface area contributed by atoms with E-state index in [0.29, 0.717) is 6.10 Å². The van der Waals surface area contributed by atoms with Crippen LogP contribution in [-0.4, -0.2) is 42.6 Å². The van der Waals surface area contributed by atoms with Gasteiger partial charge in [0.15, 0.2) is 0 Å². The summed E-state index contributed by atoms with van der Waals surface area (Å²) >= 11 is 3.57. The number of ether oxygens (including phenoxy) is 1. The second kappa shape index (κ2) is 7.75. The largest absolute Gasteiger partial charge is 0.378 e. The molecule has 2 heterocycles. The lowest BCUT2D eigenvalue weighted by Gasteiger charge is -2.32. The van der Waals surface area contributed by atoms with E-state index in [9.17, 15) is 0 Å². The van der Waals surface area contributed by atoms with Gasteiger partial charge in [-0.25, -0.2) is 0 Å². The van der Waals surface area contributed by atoms with E-state index < -0.39 is 0 Å². The molecule has 2 unspecified atom stereocenters. The van der Waals surface area contributed by atoms with Gasteiger partial charge in [-0.15, -0.1) is 0 Å². The highest BCUT2D eigenvalue weighted by molar-refractivity contribution is 9.09. The number of piperidine rings is 1. The van der Waals surface area contributed by atoms with Crippen LogP contribution in [0.5, 0.6) is 0 Å². The molecule has 0 aromatic heterocycles. The summed E-state index contributed by atoms with van der Waals surface area (Å²) in [5.41, 5.74) is 0. The monoisotopic (exact) mass is 303 g/mol. The Morgan fingerprint density at radius 3 is 2.88 bits per heavy atom. The van der Waals surface area contributed by atoms with Crippen molar-refractivity contribution in [2.75, 3.05) is 31.6 Å². The molecule has 2 aliphatic heterocycles. The van der Waals surface area contributed by atoms with Crippen LogP contribution in [0, 0.1) is 5.92 Å². The molecule has 0 N–H and O–H groups in total. The van der Waals surface area contributed by atoms with Crippen LogP contribution >= 0.6 is 15.9 Å². The molecule has 0 radical (unpaired) electrons. The molecule has 0 spiro atoms. The lowest BCUT2D eigenvalue weighted by Crippen LogP contribution is -2.36. The number of nitrogens with zero attached hydrogens (tertiary/aromatic N) is 1. The topological polar surface area (TPSA) is 12.5 Å². The van der Waals surface area contributed by atoms with Crippen LogP contribution in [0.3, 0.4) is 0 Å². The Balaban J connectivity index is 1.58. The van der Waals surface area contributed by atoms with Crippen molar-refractivity contribution in [3.63, 3.8) is 0 Å². The SMILES string of the molecule is BrCCC1CCCN(CCCC2CCCO2)C1. The zero-order valence-electron chi connectivity index (χ0n) is 10.9. The molecule has 0 amide bonds. The highest BCUT2D eigenvalue weighted by Gasteiger charge is 2.20. The summed E-state index contributed by atoms with van der Waals surface area (Å²) in [4.78, 5) is 2.67. The summed E-state index contributed by atoms with van der Waals surface area (Å²) in [7, 11) is 0. The van der Waals surface area contributed by atoms with Gasteiger partial charge >= 0.3 is 0 Å². The smallest absolute Gasteiger partial charge is 0.0576 e. The number of hydrogen-bond acceptors (Lipinski definition) is 2. The lowest BCUT2D eigenvalue weighted by atomic mass is 9.95. The average molecular weight is 304 g/mol. The summed E-state index contributed by atoms with van der Waals surface area (Å²) in [6, 6.07) is 0. The molecule has 2 nitrogen and oxygen atoms in total. The van der Waals surface area contributed by atoms with Crippen molar-refractivity contribution in [1.29, 1.82) is 0 Å². The quantitative estimate of drug-likeness (QED) is 0.697. The highest BCUT2D eigenvalue weighted by Crippen LogP contribution is 2.22. The molecule has 100 valence electrons. The minimum Gasteiger partial charge on any atom is -0.378 e. The van der Waals surface area contributed by atoms with Crippen LogP contribution in [0.4, 0.5) is 0 Å². The summed E-state index contributed by atoms with van der Waals surface area (Å²) in [5, 5.41) is 1.17. The third-order valence-electron chi connectivity index (χ3n) is 4.14. The van der Waals surface area contributed by atoms with Crippen molar-refractivity contribution in [2.24, 2.45) is 5.92 Å². The standard InChI is InChI=1S/C14H26BrNO/c15-8-7-13-4-1-9-16(12-13)10-2-5-14-6-3-11-17-14/h13-14H,1-12H2. The third-order valence-corrected chi connectivity index (χ3v) is 4.60. The molecular formula is C14H26BrNO. The summed E-state index contributed by atoms with van der Waals surface area (Å²) < 4.78 is 5.68. The van der Waals surface area contributed by atoms with Crippen LogP contribution in [-0.2, 0) is 4.74 Å². The molecule has 0 bridgehead atoms. The molecule has 2 atom stereocenters. The predicted octanol–water partition coefficient (Wildman–Crippen LogP) is 3.44. The fraction of sp³-hybridized carbons (Fsp3) is 1.00. The Morgan fingerprint density at radius 1 is 1.18 bits per heavy atom. The van der Waals surface area contributed by atoms with Gasteiger partial charge in [-0.1, -0.05) is 15.9 Å². The van der Waals surface area contributed by atoms with Gasteiger partial charge in [-0.05, 0) is 64.0 Å². The molecular weight excluding hydrogens is 278 g/mol. The van der Waals surface area contributed by atoms with E-state index in [1.165, 1.54) is 69.9 Å². The Bertz CT molecular complexity index is 204. The molecule has 0 aromatic carbocycles. The molecule has 17 heavy (non-hydrogen) atoms. The first-order chi connectivity index (χ1) is 8.38. The average Bonchev–Trinajstić information content (AvgIpc) is 2.83. The first kappa shape index (κ1) is 13.8. The summed E-state index contributed by atoms with van der Waals surface area (Å²) in [6.45, 7) is 4.95. The minimum atomic E-state index is 0.582. The Hall–Kier alpha value is 0.400. The van der Waals surface area contributed by atoms with E-state index in [1.807, 2.05) is 0 Å². The Labute approximate surface area is 114 Å².